The molecule has 0 fully saturated rings. The van der Waals surface area contributed by atoms with E-state index in [1.807, 2.05) is 16.5 Å². The van der Waals surface area contributed by atoms with Crippen molar-refractivity contribution < 1.29 is 0 Å². The Hall–Kier alpha value is -2.40. The second-order valence-electron chi connectivity index (χ2n) is 4.25. The van der Waals surface area contributed by atoms with Crippen molar-refractivity contribution in [1.29, 1.82) is 0 Å². The van der Waals surface area contributed by atoms with Crippen LogP contribution >= 0.6 is 11.3 Å². The minimum absolute atomic E-state index is 0.462. The Morgan fingerprint density at radius 1 is 1.05 bits per heavy atom. The molecular formula is C14H10N4S. The number of nitrogen functional groups attached to an aromatic ring is 1. The van der Waals surface area contributed by atoms with Gasteiger partial charge in [-0.15, -0.1) is 11.3 Å². The highest BCUT2D eigenvalue weighted by molar-refractivity contribution is 7.13. The molecule has 4 aromatic rings. The molecule has 0 bridgehead atoms. The van der Waals surface area contributed by atoms with Crippen LogP contribution in [0.3, 0.4) is 0 Å². The van der Waals surface area contributed by atoms with Crippen molar-refractivity contribution in [2.24, 2.45) is 0 Å². The van der Waals surface area contributed by atoms with Gasteiger partial charge in [0.05, 0.1) is 5.52 Å². The van der Waals surface area contributed by atoms with Crippen LogP contribution in [-0.2, 0) is 0 Å². The Morgan fingerprint density at radius 2 is 2.00 bits per heavy atom. The van der Waals surface area contributed by atoms with E-state index in [2.05, 4.69) is 33.5 Å². The van der Waals surface area contributed by atoms with E-state index in [1.165, 1.54) is 10.4 Å². The van der Waals surface area contributed by atoms with E-state index < -0.39 is 0 Å². The zero-order chi connectivity index (χ0) is 12.8. The summed E-state index contributed by atoms with van der Waals surface area (Å²) in [7, 11) is 0. The fourth-order valence-electron chi connectivity index (χ4n) is 2.45. The molecule has 5 heteroatoms. The zero-order valence-corrected chi connectivity index (χ0v) is 10.8. The maximum atomic E-state index is 6.00. The van der Waals surface area contributed by atoms with E-state index in [9.17, 15) is 0 Å². The molecule has 0 amide bonds. The lowest BCUT2D eigenvalue weighted by Gasteiger charge is -2.00. The van der Waals surface area contributed by atoms with E-state index in [0.717, 1.165) is 16.6 Å². The van der Waals surface area contributed by atoms with Gasteiger partial charge in [0.1, 0.15) is 5.65 Å². The summed E-state index contributed by atoms with van der Waals surface area (Å²) < 4.78 is 1.91. The largest absolute Gasteiger partial charge is 0.369 e. The average Bonchev–Trinajstić information content (AvgIpc) is 3.03. The van der Waals surface area contributed by atoms with Crippen LogP contribution < -0.4 is 5.73 Å². The van der Waals surface area contributed by atoms with E-state index >= 15 is 0 Å². The maximum absolute atomic E-state index is 6.00. The fourth-order valence-corrected chi connectivity index (χ4v) is 3.24. The van der Waals surface area contributed by atoms with Crippen molar-refractivity contribution in [3.05, 3.63) is 48.1 Å². The average molecular weight is 266 g/mol. The van der Waals surface area contributed by atoms with E-state index in [1.54, 1.807) is 23.7 Å². The van der Waals surface area contributed by atoms with Crippen LogP contribution in [0.5, 0.6) is 0 Å². The van der Waals surface area contributed by atoms with Gasteiger partial charge in [0.2, 0.25) is 5.95 Å². The zero-order valence-electron chi connectivity index (χ0n) is 9.95. The van der Waals surface area contributed by atoms with E-state index in [-0.39, 0.29) is 0 Å². The number of aromatic nitrogens is 3. The van der Waals surface area contributed by atoms with Crippen molar-refractivity contribution in [3.63, 3.8) is 0 Å². The lowest BCUT2D eigenvalue weighted by molar-refractivity contribution is 1.12. The molecule has 92 valence electrons. The molecule has 4 heterocycles. The highest BCUT2D eigenvalue weighted by atomic mass is 32.1. The van der Waals surface area contributed by atoms with Crippen LogP contribution in [0.25, 0.3) is 27.0 Å². The molecule has 0 spiro atoms. The van der Waals surface area contributed by atoms with Gasteiger partial charge in [-0.05, 0) is 29.6 Å². The Kier molecular flexibility index (Phi) is 2.10. The van der Waals surface area contributed by atoms with Gasteiger partial charge in [-0.3, -0.25) is 4.40 Å². The summed E-state index contributed by atoms with van der Waals surface area (Å²) >= 11 is 1.71. The van der Waals surface area contributed by atoms with Gasteiger partial charge in [0.15, 0.2) is 0 Å². The third kappa shape index (κ3) is 1.39. The lowest BCUT2D eigenvalue weighted by atomic mass is 10.1. The van der Waals surface area contributed by atoms with Crippen molar-refractivity contribution in [3.8, 4) is 10.4 Å². The Bertz CT molecular complexity index is 877. The van der Waals surface area contributed by atoms with Gasteiger partial charge >= 0.3 is 0 Å². The van der Waals surface area contributed by atoms with Gasteiger partial charge < -0.3 is 5.73 Å². The van der Waals surface area contributed by atoms with Crippen LogP contribution in [0, 0.1) is 0 Å². The summed E-state index contributed by atoms with van der Waals surface area (Å²) in [6.45, 7) is 0. The SMILES string of the molecule is Nc1nccc2c(-c3cccs3)c3cccnc3n12. The van der Waals surface area contributed by atoms with Crippen molar-refractivity contribution in [1.82, 2.24) is 14.4 Å². The highest BCUT2D eigenvalue weighted by Gasteiger charge is 2.16. The first-order chi connectivity index (χ1) is 9.36. The third-order valence-electron chi connectivity index (χ3n) is 3.20. The lowest BCUT2D eigenvalue weighted by Crippen LogP contribution is -1.99. The summed E-state index contributed by atoms with van der Waals surface area (Å²) in [6, 6.07) is 10.2. The number of nitrogens with two attached hydrogens (primary N) is 1. The molecule has 19 heavy (non-hydrogen) atoms. The Balaban J connectivity index is 2.30. The molecule has 0 saturated carbocycles. The van der Waals surface area contributed by atoms with Crippen LogP contribution in [0.15, 0.2) is 48.1 Å². The molecule has 0 unspecified atom stereocenters. The molecule has 4 aromatic heterocycles. The molecule has 0 radical (unpaired) electrons. The molecule has 4 nitrogen and oxygen atoms in total. The number of nitrogens with zero attached hydrogens (tertiary/aromatic N) is 3. The van der Waals surface area contributed by atoms with Crippen LogP contribution in [0.1, 0.15) is 0 Å². The Morgan fingerprint density at radius 3 is 2.84 bits per heavy atom. The summed E-state index contributed by atoms with van der Waals surface area (Å²) in [5, 5.41) is 3.18. The van der Waals surface area contributed by atoms with Gasteiger partial charge in [0, 0.05) is 28.2 Å². The summed E-state index contributed by atoms with van der Waals surface area (Å²) in [5.41, 5.74) is 9.08. The fraction of sp³-hybridized carbons (Fsp3) is 0. The quantitative estimate of drug-likeness (QED) is 0.575. The minimum atomic E-state index is 0.462. The summed E-state index contributed by atoms with van der Waals surface area (Å²) in [6.07, 6.45) is 3.51. The monoisotopic (exact) mass is 266 g/mol. The van der Waals surface area contributed by atoms with E-state index in [0.29, 0.717) is 5.95 Å². The Labute approximate surface area is 113 Å². The minimum Gasteiger partial charge on any atom is -0.369 e. The van der Waals surface area contributed by atoms with Crippen molar-refractivity contribution >= 4 is 33.8 Å². The molecule has 0 aliphatic rings. The van der Waals surface area contributed by atoms with Gasteiger partial charge in [-0.25, -0.2) is 9.97 Å². The van der Waals surface area contributed by atoms with Crippen LogP contribution in [0.2, 0.25) is 0 Å². The maximum Gasteiger partial charge on any atom is 0.206 e. The number of pyridine rings is 1. The molecular weight excluding hydrogens is 256 g/mol. The molecule has 0 saturated heterocycles. The van der Waals surface area contributed by atoms with E-state index in [4.69, 9.17) is 5.73 Å². The first-order valence-corrected chi connectivity index (χ1v) is 6.78. The first-order valence-electron chi connectivity index (χ1n) is 5.90. The second kappa shape index (κ2) is 3.80. The number of rotatable bonds is 1. The molecule has 0 atom stereocenters. The molecule has 4 rings (SSSR count). The van der Waals surface area contributed by atoms with Gasteiger partial charge in [-0.2, -0.15) is 0 Å². The van der Waals surface area contributed by atoms with Gasteiger partial charge in [-0.1, -0.05) is 6.07 Å². The van der Waals surface area contributed by atoms with Crippen molar-refractivity contribution in [2.45, 2.75) is 0 Å². The standard InChI is InChI=1S/C14H10N4S/c15-14-17-7-5-10-12(11-4-2-8-19-11)9-3-1-6-16-13(9)18(10)14/h1-8H,(H2,15,17). The molecule has 0 aliphatic carbocycles. The predicted octanol–water partition coefficient (Wildman–Crippen LogP) is 3.19. The van der Waals surface area contributed by atoms with Gasteiger partial charge in [0.25, 0.3) is 0 Å². The van der Waals surface area contributed by atoms with Crippen LogP contribution in [-0.4, -0.2) is 14.4 Å². The third-order valence-corrected chi connectivity index (χ3v) is 4.09. The topological polar surface area (TPSA) is 56.2 Å². The highest BCUT2D eigenvalue weighted by Crippen LogP contribution is 2.37. The first kappa shape index (κ1) is 10.5. The summed E-state index contributed by atoms with van der Waals surface area (Å²) in [4.78, 5) is 9.82. The number of thiophene rings is 1. The number of hydrogen-bond donors (Lipinski definition) is 1. The van der Waals surface area contributed by atoms with Crippen LogP contribution in [0.4, 0.5) is 5.95 Å². The second-order valence-corrected chi connectivity index (χ2v) is 5.20. The summed E-state index contributed by atoms with van der Waals surface area (Å²) in [5.74, 6) is 0.462. The number of anilines is 1. The number of fused-ring (bicyclic) bond motifs is 3. The molecule has 0 aliphatic heterocycles. The normalized spacial score (nSPS) is 11.4. The predicted molar refractivity (Wildman–Crippen MR) is 78.2 cm³/mol. The number of hydrogen-bond acceptors (Lipinski definition) is 4. The smallest absolute Gasteiger partial charge is 0.206 e. The van der Waals surface area contributed by atoms with Crippen molar-refractivity contribution in [2.75, 3.05) is 5.73 Å². The molecule has 2 N–H and O–H groups in total. The molecule has 0 aromatic carbocycles.